The number of aryl methyl sites for hydroxylation is 2. The molecule has 3 saturated carbocycles. The Morgan fingerprint density at radius 3 is 1.34 bits per heavy atom. The third kappa shape index (κ3) is 6.54. The highest BCUT2D eigenvalue weighted by atomic mass is 16.4. The molecule has 2 spiro atoms. The van der Waals surface area contributed by atoms with Gasteiger partial charge in [0.1, 0.15) is 0 Å². The first-order valence-electron chi connectivity index (χ1n) is 22.3. The SMILES string of the molecule is Cc1cc2c(cc1C1(c3ccc(CC(C(=O)O)C(=O)O)cc3)CC1)C(C)(C)CCC21CC2(C=CC(C)(C)c3cc(C)c(C4(c5ccc(CC(C(=O)O)C(=O)O)cc5)CC4)cc32)C1. The van der Waals surface area contributed by atoms with E-state index in [9.17, 15) is 39.6 Å². The maximum atomic E-state index is 11.6. The Balaban J connectivity index is 1.03. The average molecular weight is 835 g/mol. The van der Waals surface area contributed by atoms with Gasteiger partial charge in [-0.05, 0) is 156 Å². The summed E-state index contributed by atoms with van der Waals surface area (Å²) in [6.45, 7) is 13.9. The fourth-order valence-electron chi connectivity index (χ4n) is 12.2. The summed E-state index contributed by atoms with van der Waals surface area (Å²) >= 11 is 0. The number of carboxylic acids is 4. The highest BCUT2D eigenvalue weighted by Crippen LogP contribution is 2.67. The van der Waals surface area contributed by atoms with Crippen LogP contribution in [-0.4, -0.2) is 44.3 Å². The summed E-state index contributed by atoms with van der Waals surface area (Å²) in [5.41, 5.74) is 14.6. The molecule has 0 heterocycles. The van der Waals surface area contributed by atoms with Crippen LogP contribution in [0.2, 0.25) is 0 Å². The van der Waals surface area contributed by atoms with Gasteiger partial charge in [-0.1, -0.05) is 113 Å². The molecule has 0 saturated heterocycles. The Labute approximate surface area is 364 Å². The maximum Gasteiger partial charge on any atom is 0.318 e. The van der Waals surface area contributed by atoms with Crippen molar-refractivity contribution >= 4 is 23.9 Å². The second-order valence-corrected chi connectivity index (χ2v) is 21.1. The van der Waals surface area contributed by atoms with E-state index >= 15 is 0 Å². The van der Waals surface area contributed by atoms with Gasteiger partial charge in [0.15, 0.2) is 11.8 Å². The Hall–Kier alpha value is -5.50. The molecule has 62 heavy (non-hydrogen) atoms. The molecule has 4 N–H and O–H groups in total. The summed E-state index contributed by atoms with van der Waals surface area (Å²) in [7, 11) is 0. The first-order chi connectivity index (χ1) is 29.2. The van der Waals surface area contributed by atoms with Gasteiger partial charge in [0.05, 0.1) is 0 Å². The lowest BCUT2D eigenvalue weighted by atomic mass is 9.41. The predicted octanol–water partition coefficient (Wildman–Crippen LogP) is 10.0. The number of hydrogen-bond acceptors (Lipinski definition) is 4. The van der Waals surface area contributed by atoms with Crippen LogP contribution in [0.25, 0.3) is 0 Å². The van der Waals surface area contributed by atoms with Gasteiger partial charge >= 0.3 is 23.9 Å². The van der Waals surface area contributed by atoms with Crippen molar-refractivity contribution in [2.24, 2.45) is 11.8 Å². The van der Waals surface area contributed by atoms with E-state index in [2.05, 4.69) is 102 Å². The third-order valence-electron chi connectivity index (χ3n) is 16.2. The van der Waals surface area contributed by atoms with E-state index in [0.717, 1.165) is 51.4 Å². The van der Waals surface area contributed by atoms with Crippen LogP contribution < -0.4 is 0 Å². The van der Waals surface area contributed by atoms with E-state index in [0.29, 0.717) is 11.1 Å². The number of hydrogen-bond donors (Lipinski definition) is 4. The lowest BCUT2D eigenvalue weighted by Gasteiger charge is -2.62. The number of aliphatic carboxylic acids is 4. The third-order valence-corrected chi connectivity index (χ3v) is 16.2. The molecule has 4 aromatic rings. The molecule has 0 aromatic heterocycles. The van der Waals surface area contributed by atoms with Crippen LogP contribution in [0, 0.1) is 25.7 Å². The van der Waals surface area contributed by atoms with Gasteiger partial charge < -0.3 is 20.4 Å². The molecular weight excluding hydrogens is 777 g/mol. The Morgan fingerprint density at radius 1 is 0.500 bits per heavy atom. The molecule has 0 amide bonds. The van der Waals surface area contributed by atoms with Crippen LogP contribution in [0.15, 0.2) is 84.9 Å². The summed E-state index contributed by atoms with van der Waals surface area (Å²) < 4.78 is 0. The summed E-state index contributed by atoms with van der Waals surface area (Å²) in [5.74, 6) is -8.23. The molecule has 5 aliphatic rings. The van der Waals surface area contributed by atoms with Crippen molar-refractivity contribution in [1.82, 2.24) is 0 Å². The molecule has 8 heteroatoms. The van der Waals surface area contributed by atoms with Gasteiger partial charge in [0.25, 0.3) is 0 Å². The molecule has 0 bridgehead atoms. The molecular formula is C54H58O8. The maximum absolute atomic E-state index is 11.6. The zero-order valence-corrected chi connectivity index (χ0v) is 36.7. The van der Waals surface area contributed by atoms with Gasteiger partial charge in [0.2, 0.25) is 0 Å². The predicted molar refractivity (Wildman–Crippen MR) is 237 cm³/mol. The zero-order valence-electron chi connectivity index (χ0n) is 36.7. The van der Waals surface area contributed by atoms with E-state index in [4.69, 9.17) is 0 Å². The lowest BCUT2D eigenvalue weighted by molar-refractivity contribution is -0.156. The van der Waals surface area contributed by atoms with Crippen molar-refractivity contribution in [2.45, 2.75) is 138 Å². The Morgan fingerprint density at radius 2 is 0.919 bits per heavy atom. The first-order valence-corrected chi connectivity index (χ1v) is 22.3. The molecule has 5 aliphatic carbocycles. The summed E-state index contributed by atoms with van der Waals surface area (Å²) in [5, 5.41) is 37.8. The van der Waals surface area contributed by atoms with Crippen LogP contribution in [0.1, 0.15) is 146 Å². The van der Waals surface area contributed by atoms with Crippen molar-refractivity contribution in [3.63, 3.8) is 0 Å². The molecule has 8 nitrogen and oxygen atoms in total. The number of benzene rings is 4. The van der Waals surface area contributed by atoms with Gasteiger partial charge in [-0.15, -0.1) is 0 Å². The second-order valence-electron chi connectivity index (χ2n) is 21.1. The van der Waals surface area contributed by atoms with Crippen molar-refractivity contribution < 1.29 is 39.6 Å². The minimum Gasteiger partial charge on any atom is -0.481 e. The fourth-order valence-corrected chi connectivity index (χ4v) is 12.2. The molecule has 0 aliphatic heterocycles. The van der Waals surface area contributed by atoms with Gasteiger partial charge in [-0.3, -0.25) is 19.2 Å². The molecule has 0 atom stereocenters. The van der Waals surface area contributed by atoms with Crippen molar-refractivity contribution in [2.75, 3.05) is 0 Å². The average Bonchev–Trinajstić information content (AvgIpc) is 4.14. The Kier molecular flexibility index (Phi) is 9.45. The minimum absolute atomic E-state index is 0.0110. The number of rotatable bonds is 12. The highest BCUT2D eigenvalue weighted by Gasteiger charge is 2.61. The molecule has 322 valence electrons. The topological polar surface area (TPSA) is 149 Å². The van der Waals surface area contributed by atoms with E-state index in [-0.39, 0.29) is 45.3 Å². The molecule has 0 unspecified atom stereocenters. The smallest absolute Gasteiger partial charge is 0.318 e. The number of allylic oxidation sites excluding steroid dienone is 2. The Bertz CT molecular complexity index is 2550. The van der Waals surface area contributed by atoms with E-state index < -0.39 is 35.7 Å². The van der Waals surface area contributed by atoms with Crippen LogP contribution >= 0.6 is 0 Å². The van der Waals surface area contributed by atoms with Crippen LogP contribution in [0.5, 0.6) is 0 Å². The van der Waals surface area contributed by atoms with Gasteiger partial charge in [-0.2, -0.15) is 0 Å². The summed E-state index contributed by atoms with van der Waals surface area (Å²) in [6.07, 6.45) is 13.4. The van der Waals surface area contributed by atoms with Crippen molar-refractivity contribution in [3.8, 4) is 0 Å². The van der Waals surface area contributed by atoms with Crippen LogP contribution in [0.3, 0.4) is 0 Å². The quantitative estimate of drug-likeness (QED) is 0.0814. The number of fused-ring (bicyclic) bond motifs is 4. The largest absolute Gasteiger partial charge is 0.481 e. The second kappa shape index (κ2) is 14.0. The molecule has 9 rings (SSSR count). The first kappa shape index (κ1) is 41.8. The zero-order chi connectivity index (χ0) is 44.4. The van der Waals surface area contributed by atoms with Crippen LogP contribution in [0.4, 0.5) is 0 Å². The van der Waals surface area contributed by atoms with E-state index in [1.165, 1.54) is 55.6 Å². The lowest BCUT2D eigenvalue weighted by Crippen LogP contribution is -2.56. The molecule has 0 radical (unpaired) electrons. The van der Waals surface area contributed by atoms with Crippen LogP contribution in [-0.2, 0) is 64.5 Å². The monoisotopic (exact) mass is 834 g/mol. The van der Waals surface area contributed by atoms with E-state index in [1.807, 2.05) is 24.3 Å². The summed E-state index contributed by atoms with van der Waals surface area (Å²) in [6, 6.07) is 26.0. The number of carbonyl (C=O) groups is 4. The molecule has 3 fully saturated rings. The minimum atomic E-state index is -1.47. The van der Waals surface area contributed by atoms with Gasteiger partial charge in [-0.25, -0.2) is 0 Å². The van der Waals surface area contributed by atoms with Crippen molar-refractivity contribution in [1.29, 1.82) is 0 Å². The van der Waals surface area contributed by atoms with Gasteiger partial charge in [0, 0.05) is 21.7 Å². The molecule has 4 aromatic carbocycles. The summed E-state index contributed by atoms with van der Waals surface area (Å²) in [4.78, 5) is 46.4. The fraction of sp³-hybridized carbons (Fsp3) is 0.444. The standard InChI is InChI=1S/C54H58O8/c1-31-23-41-44(28-40(31)54(21-22-54)36-13-9-34(10-14-36)26-38(47(59)60)48(61)62)52(18-15-49(41,3)4)29-51(30-52)17-16-50(5,6)42-27-39(32(2)24-43(42)51)53(19-20-53)35-11-7-33(8-12-35)25-37(45(55)56)46(57)58/h7-15,18,23-24,27-28,37-38H,16-17,19-22,25-26,29-30H2,1-6H3,(H,55,56)(H,57,58)(H,59,60)(H,61,62). The number of carboxylic acid groups (broad SMARTS) is 4. The normalized spacial score (nSPS) is 20.9. The highest BCUT2D eigenvalue weighted by molar-refractivity contribution is 5.93. The van der Waals surface area contributed by atoms with Crippen molar-refractivity contribution in [3.05, 3.63) is 152 Å². The van der Waals surface area contributed by atoms with E-state index in [1.54, 1.807) is 0 Å².